The largest absolute Gasteiger partial charge is 0.406 e. The predicted octanol–water partition coefficient (Wildman–Crippen LogP) is 3.60. The first-order valence-electron chi connectivity index (χ1n) is 6.40. The van der Waals surface area contributed by atoms with Gasteiger partial charge < -0.3 is 15.1 Å². The molecule has 0 aliphatic carbocycles. The third kappa shape index (κ3) is 4.47. The number of hydrogen-bond acceptors (Lipinski definition) is 5. The summed E-state index contributed by atoms with van der Waals surface area (Å²) < 4.78 is 32.2. The van der Waals surface area contributed by atoms with E-state index >= 15 is 0 Å². The highest BCUT2D eigenvalue weighted by molar-refractivity contribution is 9.10. The number of benzene rings is 1. The molecule has 2 rings (SSSR count). The smallest absolute Gasteiger partial charge is 0.320 e. The predicted molar refractivity (Wildman–Crippen MR) is 78.2 cm³/mol. The van der Waals surface area contributed by atoms with Crippen molar-refractivity contribution in [1.82, 2.24) is 15.5 Å². The number of halogens is 3. The summed E-state index contributed by atoms with van der Waals surface area (Å²) in [5.41, 5.74) is 0.0433. The maximum absolute atomic E-state index is 13.7. The molecule has 114 valence electrons. The molecular weight excluding hydrogens is 346 g/mol. The monoisotopic (exact) mass is 360 g/mol. The summed E-state index contributed by atoms with van der Waals surface area (Å²) in [6, 6.07) is 1.96. The highest BCUT2D eigenvalue weighted by Gasteiger charge is 2.13. The Morgan fingerprint density at radius 2 is 2.05 bits per heavy atom. The van der Waals surface area contributed by atoms with Gasteiger partial charge in [0.1, 0.15) is 5.82 Å². The quantitative estimate of drug-likeness (QED) is 0.823. The standard InChI is InChI=1S/C13H15BrF2N4O/c1-7(2)5-17-6-11-19-20-13(21-11)18-12-9(14)3-8(15)4-10(12)16/h3-4,7,17H,5-6H2,1-2H3,(H,18,20). The van der Waals surface area contributed by atoms with E-state index in [4.69, 9.17) is 4.42 Å². The van der Waals surface area contributed by atoms with Crippen LogP contribution in [0.15, 0.2) is 21.0 Å². The van der Waals surface area contributed by atoms with Gasteiger partial charge in [-0.05, 0) is 34.5 Å². The molecule has 0 radical (unpaired) electrons. The number of nitrogens with one attached hydrogen (secondary N) is 2. The van der Waals surface area contributed by atoms with Crippen molar-refractivity contribution in [2.24, 2.45) is 5.92 Å². The van der Waals surface area contributed by atoms with Crippen molar-refractivity contribution >= 4 is 27.6 Å². The van der Waals surface area contributed by atoms with Crippen LogP contribution in [-0.4, -0.2) is 16.7 Å². The first-order chi connectivity index (χ1) is 9.95. The molecule has 0 amide bonds. The number of anilines is 2. The average molecular weight is 361 g/mol. The minimum atomic E-state index is -0.750. The summed E-state index contributed by atoms with van der Waals surface area (Å²) >= 11 is 3.08. The first-order valence-corrected chi connectivity index (χ1v) is 7.19. The van der Waals surface area contributed by atoms with E-state index in [1.165, 1.54) is 0 Å². The molecule has 0 bridgehead atoms. The van der Waals surface area contributed by atoms with Gasteiger partial charge in [0.15, 0.2) is 5.82 Å². The number of rotatable bonds is 6. The van der Waals surface area contributed by atoms with Gasteiger partial charge in [-0.2, -0.15) is 0 Å². The molecule has 2 aromatic rings. The Balaban J connectivity index is 2.03. The molecule has 0 saturated heterocycles. The topological polar surface area (TPSA) is 63.0 Å². The molecule has 0 fully saturated rings. The second kappa shape index (κ2) is 6.95. The second-order valence-electron chi connectivity index (χ2n) is 4.90. The van der Waals surface area contributed by atoms with Crippen molar-refractivity contribution in [3.63, 3.8) is 0 Å². The van der Waals surface area contributed by atoms with Crippen molar-refractivity contribution < 1.29 is 13.2 Å². The van der Waals surface area contributed by atoms with Crippen LogP contribution in [0.25, 0.3) is 0 Å². The van der Waals surface area contributed by atoms with Gasteiger partial charge in [-0.15, -0.1) is 5.10 Å². The molecule has 0 aliphatic rings. The van der Waals surface area contributed by atoms with Crippen LogP contribution in [0.5, 0.6) is 0 Å². The van der Waals surface area contributed by atoms with Gasteiger partial charge in [0.05, 0.1) is 12.2 Å². The summed E-state index contributed by atoms with van der Waals surface area (Å²) in [7, 11) is 0. The Morgan fingerprint density at radius 1 is 1.29 bits per heavy atom. The zero-order valence-corrected chi connectivity index (χ0v) is 13.2. The Labute approximate surface area is 129 Å². The maximum atomic E-state index is 13.7. The van der Waals surface area contributed by atoms with Crippen molar-refractivity contribution in [3.8, 4) is 0 Å². The van der Waals surface area contributed by atoms with E-state index in [2.05, 4.69) is 50.6 Å². The maximum Gasteiger partial charge on any atom is 0.320 e. The molecule has 0 atom stereocenters. The van der Waals surface area contributed by atoms with Crippen LogP contribution in [0, 0.1) is 17.6 Å². The van der Waals surface area contributed by atoms with Gasteiger partial charge in [-0.3, -0.25) is 0 Å². The van der Waals surface area contributed by atoms with Crippen LogP contribution in [0.4, 0.5) is 20.5 Å². The minimum absolute atomic E-state index is 0.0433. The zero-order chi connectivity index (χ0) is 15.4. The molecule has 21 heavy (non-hydrogen) atoms. The lowest BCUT2D eigenvalue weighted by Gasteiger charge is -2.06. The third-order valence-corrected chi connectivity index (χ3v) is 3.16. The molecule has 0 aliphatic heterocycles. The lowest BCUT2D eigenvalue weighted by atomic mass is 10.2. The molecule has 8 heteroatoms. The van der Waals surface area contributed by atoms with Gasteiger partial charge in [0.25, 0.3) is 0 Å². The summed E-state index contributed by atoms with van der Waals surface area (Å²) in [6.07, 6.45) is 0. The van der Waals surface area contributed by atoms with Crippen LogP contribution in [-0.2, 0) is 6.54 Å². The molecule has 1 aromatic heterocycles. The second-order valence-corrected chi connectivity index (χ2v) is 5.75. The van der Waals surface area contributed by atoms with E-state index in [0.29, 0.717) is 18.4 Å². The Kier molecular flexibility index (Phi) is 5.24. The fourth-order valence-electron chi connectivity index (χ4n) is 1.61. The Morgan fingerprint density at radius 3 is 2.71 bits per heavy atom. The van der Waals surface area contributed by atoms with Gasteiger partial charge in [0, 0.05) is 10.5 Å². The average Bonchev–Trinajstić information content (AvgIpc) is 2.81. The highest BCUT2D eigenvalue weighted by Crippen LogP contribution is 2.29. The van der Waals surface area contributed by atoms with Crippen LogP contribution in [0.1, 0.15) is 19.7 Å². The molecule has 5 nitrogen and oxygen atoms in total. The lowest BCUT2D eigenvalue weighted by Crippen LogP contribution is -2.19. The summed E-state index contributed by atoms with van der Waals surface area (Å²) in [5.74, 6) is -0.528. The molecular formula is C13H15BrF2N4O. The van der Waals surface area contributed by atoms with Crippen LogP contribution >= 0.6 is 15.9 Å². The summed E-state index contributed by atoms with van der Waals surface area (Å²) in [4.78, 5) is 0. The van der Waals surface area contributed by atoms with E-state index in [-0.39, 0.29) is 16.2 Å². The normalized spacial score (nSPS) is 11.1. The van der Waals surface area contributed by atoms with Gasteiger partial charge >= 0.3 is 6.01 Å². The van der Waals surface area contributed by atoms with Crippen LogP contribution < -0.4 is 10.6 Å². The van der Waals surface area contributed by atoms with Crippen LogP contribution in [0.2, 0.25) is 0 Å². The summed E-state index contributed by atoms with van der Waals surface area (Å²) in [5, 5.41) is 13.4. The minimum Gasteiger partial charge on any atom is -0.406 e. The van der Waals surface area contributed by atoms with E-state index in [9.17, 15) is 8.78 Å². The van der Waals surface area contributed by atoms with E-state index in [0.717, 1.165) is 18.7 Å². The fraction of sp³-hybridized carbons (Fsp3) is 0.385. The zero-order valence-electron chi connectivity index (χ0n) is 11.6. The van der Waals surface area contributed by atoms with Crippen molar-refractivity contribution in [2.45, 2.75) is 20.4 Å². The van der Waals surface area contributed by atoms with Gasteiger partial charge in [-0.25, -0.2) is 8.78 Å². The van der Waals surface area contributed by atoms with Gasteiger partial charge in [-0.1, -0.05) is 18.9 Å². The highest BCUT2D eigenvalue weighted by atomic mass is 79.9. The number of nitrogens with zero attached hydrogens (tertiary/aromatic N) is 2. The first kappa shape index (κ1) is 15.8. The third-order valence-electron chi connectivity index (χ3n) is 2.53. The van der Waals surface area contributed by atoms with E-state index in [1.807, 2.05) is 0 Å². The Hall–Kier alpha value is -1.54. The molecule has 1 aromatic carbocycles. The van der Waals surface area contributed by atoms with Crippen molar-refractivity contribution in [2.75, 3.05) is 11.9 Å². The number of hydrogen-bond donors (Lipinski definition) is 2. The van der Waals surface area contributed by atoms with E-state index in [1.54, 1.807) is 0 Å². The molecule has 2 N–H and O–H groups in total. The molecule has 0 spiro atoms. The fourth-order valence-corrected chi connectivity index (χ4v) is 2.12. The van der Waals surface area contributed by atoms with Crippen LogP contribution in [0.3, 0.4) is 0 Å². The lowest BCUT2D eigenvalue weighted by molar-refractivity contribution is 0.460. The Bertz CT molecular complexity index is 595. The molecule has 1 heterocycles. The van der Waals surface area contributed by atoms with Crippen molar-refractivity contribution in [1.29, 1.82) is 0 Å². The molecule has 0 saturated carbocycles. The van der Waals surface area contributed by atoms with Crippen molar-refractivity contribution in [3.05, 3.63) is 34.1 Å². The molecule has 0 unspecified atom stereocenters. The van der Waals surface area contributed by atoms with E-state index < -0.39 is 11.6 Å². The number of aromatic nitrogens is 2. The SMILES string of the molecule is CC(C)CNCc1nnc(Nc2c(F)cc(F)cc2Br)o1. The van der Waals surface area contributed by atoms with Gasteiger partial charge in [0.2, 0.25) is 5.89 Å². The summed E-state index contributed by atoms with van der Waals surface area (Å²) in [6.45, 7) is 5.43.